The third kappa shape index (κ3) is 2.31. The highest BCUT2D eigenvalue weighted by Gasteiger charge is 2.23. The summed E-state index contributed by atoms with van der Waals surface area (Å²) in [6.07, 6.45) is 3.48. The summed E-state index contributed by atoms with van der Waals surface area (Å²) in [5.74, 6) is -0.187. The predicted octanol–water partition coefficient (Wildman–Crippen LogP) is 2.31. The summed E-state index contributed by atoms with van der Waals surface area (Å²) in [5.41, 5.74) is 3.60. The number of fused-ring (bicyclic) bond motifs is 2. The Hall–Kier alpha value is -2.90. The zero-order chi connectivity index (χ0) is 16.9. The molecule has 4 N–H and O–H groups in total. The topological polar surface area (TPSA) is 105 Å². The van der Waals surface area contributed by atoms with Crippen LogP contribution in [0.2, 0.25) is 0 Å². The first-order valence-corrected chi connectivity index (χ1v) is 8.74. The monoisotopic (exact) mass is 339 g/mol. The molecule has 6 nitrogen and oxygen atoms in total. The fraction of sp³-hybridized carbons (Fsp3) is 0. The van der Waals surface area contributed by atoms with Crippen molar-refractivity contribution in [2.75, 3.05) is 5.32 Å². The van der Waals surface area contributed by atoms with Crippen molar-refractivity contribution in [3.63, 3.8) is 0 Å². The van der Waals surface area contributed by atoms with Crippen molar-refractivity contribution in [3.05, 3.63) is 59.8 Å². The predicted molar refractivity (Wildman–Crippen MR) is 92.6 cm³/mol. The number of aromatic nitrogens is 1. The van der Waals surface area contributed by atoms with Gasteiger partial charge in [-0.3, -0.25) is 4.79 Å². The number of primary sulfonamides is 1. The van der Waals surface area contributed by atoms with Crippen molar-refractivity contribution in [2.24, 2.45) is 5.14 Å². The number of rotatable bonds is 2. The molecule has 4 rings (SSSR count). The number of carbonyl (C=O) groups is 1. The first kappa shape index (κ1) is 14.7. The summed E-state index contributed by atoms with van der Waals surface area (Å²) in [6.45, 7) is 0. The van der Waals surface area contributed by atoms with Crippen LogP contribution in [0.5, 0.6) is 0 Å². The summed E-state index contributed by atoms with van der Waals surface area (Å²) < 4.78 is 23.1. The number of benzene rings is 2. The third-order valence-electron chi connectivity index (χ3n) is 4.02. The minimum Gasteiger partial charge on any atom is -0.361 e. The first-order valence-electron chi connectivity index (χ1n) is 7.20. The SMILES string of the molecule is NS(=O)(=O)c1ccc2[nH]cc(C=C3C(=O)Nc4ccccc43)c2c1. The molecular weight excluding hydrogens is 326 g/mol. The number of nitrogens with one attached hydrogen (secondary N) is 2. The van der Waals surface area contributed by atoms with Gasteiger partial charge in [-0.25, -0.2) is 13.6 Å². The van der Waals surface area contributed by atoms with Crippen molar-refractivity contribution < 1.29 is 13.2 Å². The second-order valence-electron chi connectivity index (χ2n) is 5.55. The van der Waals surface area contributed by atoms with Crippen LogP contribution in [-0.4, -0.2) is 19.3 Å². The van der Waals surface area contributed by atoms with E-state index < -0.39 is 10.0 Å². The van der Waals surface area contributed by atoms with E-state index in [0.717, 1.165) is 22.3 Å². The van der Waals surface area contributed by atoms with E-state index in [-0.39, 0.29) is 10.8 Å². The number of sulfonamides is 1. The molecule has 7 heteroatoms. The zero-order valence-electron chi connectivity index (χ0n) is 12.4. The molecule has 0 unspecified atom stereocenters. The molecule has 2 heterocycles. The summed E-state index contributed by atoms with van der Waals surface area (Å²) >= 11 is 0. The molecule has 0 bridgehead atoms. The Labute approximate surface area is 138 Å². The Morgan fingerprint density at radius 3 is 2.67 bits per heavy atom. The van der Waals surface area contributed by atoms with Gasteiger partial charge in [-0.15, -0.1) is 0 Å². The van der Waals surface area contributed by atoms with Crippen molar-refractivity contribution in [1.29, 1.82) is 0 Å². The molecule has 1 aliphatic heterocycles. The van der Waals surface area contributed by atoms with Crippen LogP contribution in [0.25, 0.3) is 22.6 Å². The maximum absolute atomic E-state index is 12.2. The van der Waals surface area contributed by atoms with Crippen LogP contribution in [0.15, 0.2) is 53.6 Å². The molecular formula is C17H13N3O3S. The highest BCUT2D eigenvalue weighted by atomic mass is 32.2. The molecule has 2 aromatic carbocycles. The number of hydrogen-bond donors (Lipinski definition) is 3. The molecule has 0 saturated heterocycles. The Morgan fingerprint density at radius 1 is 1.08 bits per heavy atom. The number of anilines is 1. The van der Waals surface area contributed by atoms with Gasteiger partial charge < -0.3 is 10.3 Å². The van der Waals surface area contributed by atoms with E-state index in [1.807, 2.05) is 24.3 Å². The quantitative estimate of drug-likeness (QED) is 0.624. The molecule has 1 amide bonds. The second-order valence-corrected chi connectivity index (χ2v) is 7.12. The van der Waals surface area contributed by atoms with E-state index in [0.29, 0.717) is 11.0 Å². The molecule has 1 aliphatic rings. The van der Waals surface area contributed by atoms with Gasteiger partial charge in [0.2, 0.25) is 10.0 Å². The number of carbonyl (C=O) groups excluding carboxylic acids is 1. The average Bonchev–Trinajstić information content (AvgIpc) is 3.08. The van der Waals surface area contributed by atoms with Crippen molar-refractivity contribution >= 4 is 44.2 Å². The molecule has 0 spiro atoms. The lowest BCUT2D eigenvalue weighted by Gasteiger charge is -2.00. The van der Waals surface area contributed by atoms with Gasteiger partial charge >= 0.3 is 0 Å². The fourth-order valence-electron chi connectivity index (χ4n) is 2.86. The van der Waals surface area contributed by atoms with E-state index in [1.54, 1.807) is 18.3 Å². The molecule has 0 fully saturated rings. The lowest BCUT2D eigenvalue weighted by Crippen LogP contribution is -2.11. The summed E-state index contributed by atoms with van der Waals surface area (Å²) in [5, 5.41) is 8.69. The lowest BCUT2D eigenvalue weighted by atomic mass is 10.0. The van der Waals surface area contributed by atoms with E-state index in [9.17, 15) is 13.2 Å². The van der Waals surface area contributed by atoms with Gasteiger partial charge in [0.1, 0.15) is 0 Å². The number of aromatic amines is 1. The Bertz CT molecular complexity index is 1130. The Morgan fingerprint density at radius 2 is 1.88 bits per heavy atom. The highest BCUT2D eigenvalue weighted by molar-refractivity contribution is 7.89. The Kier molecular flexibility index (Phi) is 3.09. The molecule has 24 heavy (non-hydrogen) atoms. The second kappa shape index (κ2) is 5.05. The third-order valence-corrected chi connectivity index (χ3v) is 4.93. The maximum atomic E-state index is 12.2. The van der Waals surface area contributed by atoms with Crippen LogP contribution >= 0.6 is 0 Å². The van der Waals surface area contributed by atoms with E-state index >= 15 is 0 Å². The Balaban J connectivity index is 1.90. The fourth-order valence-corrected chi connectivity index (χ4v) is 3.40. The minimum atomic E-state index is -3.79. The van der Waals surface area contributed by atoms with Crippen LogP contribution in [0.4, 0.5) is 5.69 Å². The lowest BCUT2D eigenvalue weighted by molar-refractivity contribution is -0.110. The van der Waals surface area contributed by atoms with Crippen LogP contribution in [0.3, 0.4) is 0 Å². The smallest absolute Gasteiger partial charge is 0.256 e. The molecule has 1 aromatic heterocycles. The van der Waals surface area contributed by atoms with Gasteiger partial charge in [0.25, 0.3) is 5.91 Å². The van der Waals surface area contributed by atoms with Gasteiger partial charge in [0.05, 0.1) is 4.90 Å². The number of amides is 1. The van der Waals surface area contributed by atoms with Gasteiger partial charge in [-0.1, -0.05) is 18.2 Å². The van der Waals surface area contributed by atoms with Gasteiger partial charge in [-0.2, -0.15) is 0 Å². The average molecular weight is 339 g/mol. The molecule has 0 radical (unpaired) electrons. The summed E-state index contributed by atoms with van der Waals surface area (Å²) in [6, 6.07) is 12.0. The minimum absolute atomic E-state index is 0.0329. The van der Waals surface area contributed by atoms with Gasteiger partial charge in [-0.05, 0) is 30.3 Å². The standard InChI is InChI=1S/C17H13N3O3S/c18-24(22,23)11-5-6-15-13(8-11)10(9-19-15)7-14-12-3-1-2-4-16(12)20-17(14)21/h1-9,19H,(H,20,21)(H2,18,22,23). The first-order chi connectivity index (χ1) is 11.4. The highest BCUT2D eigenvalue weighted by Crippen LogP contribution is 2.34. The maximum Gasteiger partial charge on any atom is 0.256 e. The molecule has 0 atom stereocenters. The molecule has 0 aliphatic carbocycles. The number of para-hydroxylation sites is 1. The number of H-pyrrole nitrogens is 1. The van der Waals surface area contributed by atoms with Crippen molar-refractivity contribution in [3.8, 4) is 0 Å². The van der Waals surface area contributed by atoms with Gasteiger partial charge in [0.15, 0.2) is 0 Å². The van der Waals surface area contributed by atoms with Crippen LogP contribution in [0.1, 0.15) is 11.1 Å². The largest absolute Gasteiger partial charge is 0.361 e. The summed E-state index contributed by atoms with van der Waals surface area (Å²) in [7, 11) is -3.79. The number of nitrogens with two attached hydrogens (primary N) is 1. The molecule has 0 saturated carbocycles. The van der Waals surface area contributed by atoms with Crippen LogP contribution in [0, 0.1) is 0 Å². The van der Waals surface area contributed by atoms with Crippen molar-refractivity contribution in [1.82, 2.24) is 4.98 Å². The van der Waals surface area contributed by atoms with Crippen LogP contribution < -0.4 is 10.5 Å². The molecule has 3 aromatic rings. The van der Waals surface area contributed by atoms with E-state index in [1.165, 1.54) is 12.1 Å². The van der Waals surface area contributed by atoms with Gasteiger partial charge in [0, 0.05) is 39.5 Å². The summed E-state index contributed by atoms with van der Waals surface area (Å²) in [4.78, 5) is 15.3. The molecule has 120 valence electrons. The van der Waals surface area contributed by atoms with Crippen LogP contribution in [-0.2, 0) is 14.8 Å². The van der Waals surface area contributed by atoms with E-state index in [4.69, 9.17) is 5.14 Å². The number of hydrogen-bond acceptors (Lipinski definition) is 3. The van der Waals surface area contributed by atoms with E-state index in [2.05, 4.69) is 10.3 Å². The zero-order valence-corrected chi connectivity index (χ0v) is 13.2. The van der Waals surface area contributed by atoms with Crippen molar-refractivity contribution in [2.45, 2.75) is 4.90 Å². The normalized spacial score (nSPS) is 15.7.